The van der Waals surface area contributed by atoms with Crippen LogP contribution in [0.5, 0.6) is 0 Å². The number of piperidine rings is 1. The van der Waals surface area contributed by atoms with Crippen LogP contribution in [0, 0.1) is 5.92 Å². The van der Waals surface area contributed by atoms with Gasteiger partial charge in [-0.2, -0.15) is 0 Å². The third-order valence-corrected chi connectivity index (χ3v) is 3.29. The Kier molecular flexibility index (Phi) is 3.47. The van der Waals surface area contributed by atoms with Gasteiger partial charge in [0, 0.05) is 24.3 Å². The minimum absolute atomic E-state index is 0.0832. The zero-order chi connectivity index (χ0) is 12.3. The Morgan fingerprint density at radius 1 is 1.41 bits per heavy atom. The highest BCUT2D eigenvalue weighted by atomic mass is 16.2. The molecule has 0 spiro atoms. The zero-order valence-corrected chi connectivity index (χ0v) is 9.93. The van der Waals surface area contributed by atoms with Crippen LogP contribution in [0.2, 0.25) is 0 Å². The van der Waals surface area contributed by atoms with Crippen molar-refractivity contribution < 1.29 is 4.79 Å². The number of hydrogen-bond donors (Lipinski definition) is 1. The third kappa shape index (κ3) is 2.67. The number of hydrogen-bond acceptors (Lipinski definition) is 2. The Morgan fingerprint density at radius 3 is 2.71 bits per heavy atom. The number of nitrogen functional groups attached to an aromatic ring is 1. The number of nitrogens with zero attached hydrogens (tertiary/aromatic N) is 1. The summed E-state index contributed by atoms with van der Waals surface area (Å²) in [4.78, 5) is 14.1. The summed E-state index contributed by atoms with van der Waals surface area (Å²) in [5.74, 6) is 0.639. The molecule has 90 valence electrons. The maximum atomic E-state index is 12.2. The second-order valence-corrected chi connectivity index (χ2v) is 4.49. The molecule has 1 aromatic rings. The fourth-order valence-electron chi connectivity index (χ4n) is 2.19. The first-order valence-corrected chi connectivity index (χ1v) is 5.98. The van der Waals surface area contributed by atoms with Crippen LogP contribution in [0.15, 0.2) is 36.9 Å². The summed E-state index contributed by atoms with van der Waals surface area (Å²) < 4.78 is 0. The molecule has 3 heteroatoms. The highest BCUT2D eigenvalue weighted by molar-refractivity contribution is 5.95. The molecule has 1 heterocycles. The van der Waals surface area contributed by atoms with Crippen LogP contribution in [0.1, 0.15) is 23.2 Å². The van der Waals surface area contributed by atoms with Crippen LogP contribution in [-0.4, -0.2) is 23.9 Å². The summed E-state index contributed by atoms with van der Waals surface area (Å²) in [6.07, 6.45) is 4.01. The van der Waals surface area contributed by atoms with Crippen molar-refractivity contribution in [2.24, 2.45) is 5.92 Å². The average Bonchev–Trinajstić information content (AvgIpc) is 2.38. The predicted molar refractivity (Wildman–Crippen MR) is 69.7 cm³/mol. The molecule has 0 atom stereocenters. The fraction of sp³-hybridized carbons (Fsp3) is 0.357. The van der Waals surface area contributed by atoms with Gasteiger partial charge in [-0.3, -0.25) is 4.79 Å². The van der Waals surface area contributed by atoms with Crippen molar-refractivity contribution >= 4 is 11.6 Å². The van der Waals surface area contributed by atoms with Gasteiger partial charge in [0.25, 0.3) is 5.91 Å². The van der Waals surface area contributed by atoms with Gasteiger partial charge in [-0.05, 0) is 37.0 Å². The van der Waals surface area contributed by atoms with E-state index in [0.29, 0.717) is 17.2 Å². The second-order valence-electron chi connectivity index (χ2n) is 4.49. The number of carbonyl (C=O) groups is 1. The lowest BCUT2D eigenvalue weighted by molar-refractivity contribution is 0.0705. The zero-order valence-electron chi connectivity index (χ0n) is 9.93. The van der Waals surface area contributed by atoms with Gasteiger partial charge in [-0.1, -0.05) is 12.1 Å². The quantitative estimate of drug-likeness (QED) is 0.626. The Morgan fingerprint density at radius 2 is 2.12 bits per heavy atom. The normalized spacial score (nSPS) is 16.8. The fourth-order valence-corrected chi connectivity index (χ4v) is 2.19. The number of rotatable bonds is 2. The van der Waals surface area contributed by atoms with Crippen molar-refractivity contribution in [3.8, 4) is 0 Å². The summed E-state index contributed by atoms with van der Waals surface area (Å²) >= 11 is 0. The van der Waals surface area contributed by atoms with Crippen molar-refractivity contribution in [1.82, 2.24) is 4.90 Å². The number of nitrogens with two attached hydrogens (primary N) is 1. The van der Waals surface area contributed by atoms with Crippen molar-refractivity contribution in [2.75, 3.05) is 18.8 Å². The smallest absolute Gasteiger partial charge is 0.253 e. The van der Waals surface area contributed by atoms with Gasteiger partial charge in [-0.15, -0.1) is 6.58 Å². The highest BCUT2D eigenvalue weighted by Gasteiger charge is 2.21. The molecule has 1 saturated heterocycles. The molecule has 0 aliphatic carbocycles. The molecule has 0 bridgehead atoms. The lowest BCUT2D eigenvalue weighted by Gasteiger charge is -2.30. The van der Waals surface area contributed by atoms with Gasteiger partial charge in [0.2, 0.25) is 0 Å². The molecule has 1 amide bonds. The molecule has 1 aromatic carbocycles. The van der Waals surface area contributed by atoms with E-state index >= 15 is 0 Å². The van der Waals surface area contributed by atoms with Crippen LogP contribution < -0.4 is 5.73 Å². The maximum absolute atomic E-state index is 12.2. The molecular weight excluding hydrogens is 212 g/mol. The van der Waals surface area contributed by atoms with Crippen LogP contribution in [0.3, 0.4) is 0 Å². The van der Waals surface area contributed by atoms with E-state index in [2.05, 4.69) is 6.58 Å². The predicted octanol–water partition coefficient (Wildman–Crippen LogP) is 2.31. The SMILES string of the molecule is C=CC1CCN(C(=O)c2cccc(N)c2)CC1. The first kappa shape index (κ1) is 11.7. The van der Waals surface area contributed by atoms with Gasteiger partial charge < -0.3 is 10.6 Å². The van der Waals surface area contributed by atoms with Gasteiger partial charge >= 0.3 is 0 Å². The molecule has 0 saturated carbocycles. The molecule has 0 radical (unpaired) electrons. The topological polar surface area (TPSA) is 46.3 Å². The van der Waals surface area contributed by atoms with Gasteiger partial charge in [0.15, 0.2) is 0 Å². The molecule has 1 aliphatic heterocycles. The molecule has 0 unspecified atom stereocenters. The van der Waals surface area contributed by atoms with E-state index in [-0.39, 0.29) is 5.91 Å². The lowest BCUT2D eigenvalue weighted by atomic mass is 9.96. The van der Waals surface area contributed by atoms with Crippen LogP contribution >= 0.6 is 0 Å². The lowest BCUT2D eigenvalue weighted by Crippen LogP contribution is -2.38. The molecule has 1 aliphatic rings. The van der Waals surface area contributed by atoms with Crippen molar-refractivity contribution in [3.05, 3.63) is 42.5 Å². The number of amides is 1. The summed E-state index contributed by atoms with van der Waals surface area (Å²) in [6, 6.07) is 7.17. The van der Waals surface area contributed by atoms with E-state index in [1.165, 1.54) is 0 Å². The average molecular weight is 230 g/mol. The number of likely N-dealkylation sites (tertiary alicyclic amines) is 1. The van der Waals surface area contributed by atoms with E-state index in [0.717, 1.165) is 25.9 Å². The number of benzene rings is 1. The Bertz CT molecular complexity index is 420. The van der Waals surface area contributed by atoms with E-state index in [9.17, 15) is 4.79 Å². The number of carbonyl (C=O) groups excluding carboxylic acids is 1. The van der Waals surface area contributed by atoms with Crippen molar-refractivity contribution in [2.45, 2.75) is 12.8 Å². The summed E-state index contributed by atoms with van der Waals surface area (Å²) in [5.41, 5.74) is 7.00. The molecule has 0 aromatic heterocycles. The van der Waals surface area contributed by atoms with Gasteiger partial charge in [0.1, 0.15) is 0 Å². The molecule has 2 N–H and O–H groups in total. The van der Waals surface area contributed by atoms with Crippen LogP contribution in [0.4, 0.5) is 5.69 Å². The standard InChI is InChI=1S/C14H18N2O/c1-2-11-6-8-16(9-7-11)14(17)12-4-3-5-13(15)10-12/h2-5,10-11H,1,6-9,15H2. The first-order chi connectivity index (χ1) is 8.20. The Balaban J connectivity index is 2.04. The number of allylic oxidation sites excluding steroid dienone is 1. The van der Waals surface area contributed by atoms with Crippen molar-refractivity contribution in [1.29, 1.82) is 0 Å². The minimum Gasteiger partial charge on any atom is -0.399 e. The minimum atomic E-state index is 0.0832. The molecule has 1 fully saturated rings. The molecule has 17 heavy (non-hydrogen) atoms. The summed E-state index contributed by atoms with van der Waals surface area (Å²) in [7, 11) is 0. The highest BCUT2D eigenvalue weighted by Crippen LogP contribution is 2.20. The van der Waals surface area contributed by atoms with E-state index in [1.807, 2.05) is 23.1 Å². The van der Waals surface area contributed by atoms with E-state index < -0.39 is 0 Å². The molecule has 3 nitrogen and oxygen atoms in total. The number of anilines is 1. The van der Waals surface area contributed by atoms with Gasteiger partial charge in [0.05, 0.1) is 0 Å². The second kappa shape index (κ2) is 5.04. The van der Waals surface area contributed by atoms with Gasteiger partial charge in [-0.25, -0.2) is 0 Å². The van der Waals surface area contributed by atoms with Crippen molar-refractivity contribution in [3.63, 3.8) is 0 Å². The summed E-state index contributed by atoms with van der Waals surface area (Å²) in [6.45, 7) is 5.42. The van der Waals surface area contributed by atoms with E-state index in [1.54, 1.807) is 12.1 Å². The third-order valence-electron chi connectivity index (χ3n) is 3.29. The first-order valence-electron chi connectivity index (χ1n) is 5.98. The van der Waals surface area contributed by atoms with E-state index in [4.69, 9.17) is 5.73 Å². The van der Waals surface area contributed by atoms with Crippen LogP contribution in [-0.2, 0) is 0 Å². The summed E-state index contributed by atoms with van der Waals surface area (Å²) in [5, 5.41) is 0. The molecular formula is C14H18N2O. The van der Waals surface area contributed by atoms with Crippen LogP contribution in [0.25, 0.3) is 0 Å². The maximum Gasteiger partial charge on any atom is 0.253 e. The Hall–Kier alpha value is -1.77. The monoisotopic (exact) mass is 230 g/mol. The molecule has 2 rings (SSSR count). The largest absolute Gasteiger partial charge is 0.399 e. The Labute approximate surface area is 102 Å².